The number of fused-ring (bicyclic) bond motifs is 2. The summed E-state index contributed by atoms with van der Waals surface area (Å²) in [4.78, 5) is 18.6. The van der Waals surface area contributed by atoms with Gasteiger partial charge in [-0.05, 0) is 118 Å². The second kappa shape index (κ2) is 18.1. The van der Waals surface area contributed by atoms with E-state index < -0.39 is 0 Å². The van der Waals surface area contributed by atoms with Crippen molar-refractivity contribution in [3.05, 3.63) is 120 Å². The second-order valence-electron chi connectivity index (χ2n) is 16.7. The SMILES string of the molecule is Brc1cccc(-c2nn3c(NC4CC4)cccc3c2-c2ccnc(NC3CCCC3)n2)c1.CCCCNc1nccc(-c2c(-c3ccc(F)cc3)nn3c(NC4CC4)cccc23)n1. The van der Waals surface area contributed by atoms with Gasteiger partial charge in [0.15, 0.2) is 0 Å². The third-order valence-electron chi connectivity index (χ3n) is 11.7. The molecule has 6 aromatic heterocycles. The molecule has 0 radical (unpaired) electrons. The fourth-order valence-corrected chi connectivity index (χ4v) is 8.56. The molecule has 3 aliphatic carbocycles. The molecule has 11 rings (SSSR count). The van der Waals surface area contributed by atoms with Gasteiger partial charge < -0.3 is 21.3 Å². The Hall–Kier alpha value is -6.41. The molecule has 320 valence electrons. The summed E-state index contributed by atoms with van der Waals surface area (Å²) in [6.07, 6.45) is 15.5. The van der Waals surface area contributed by atoms with Crippen molar-refractivity contribution >= 4 is 50.5 Å². The lowest BCUT2D eigenvalue weighted by atomic mass is 10.0. The van der Waals surface area contributed by atoms with Crippen molar-refractivity contribution in [2.45, 2.75) is 89.3 Å². The van der Waals surface area contributed by atoms with Crippen molar-refractivity contribution in [2.24, 2.45) is 0 Å². The van der Waals surface area contributed by atoms with Crippen LogP contribution in [-0.4, -0.2) is 63.8 Å². The summed E-state index contributed by atoms with van der Waals surface area (Å²) >= 11 is 3.62. The molecular formula is C49H50BrFN12. The van der Waals surface area contributed by atoms with E-state index in [2.05, 4.69) is 84.4 Å². The van der Waals surface area contributed by atoms with Gasteiger partial charge in [-0.2, -0.15) is 10.2 Å². The molecule has 0 bridgehead atoms. The van der Waals surface area contributed by atoms with Crippen molar-refractivity contribution in [3.63, 3.8) is 0 Å². The lowest BCUT2D eigenvalue weighted by Gasteiger charge is -2.12. The highest BCUT2D eigenvalue weighted by Gasteiger charge is 2.26. The van der Waals surface area contributed by atoms with Crippen molar-refractivity contribution in [1.29, 1.82) is 0 Å². The zero-order valence-electron chi connectivity index (χ0n) is 35.2. The van der Waals surface area contributed by atoms with E-state index in [1.807, 2.05) is 57.7 Å². The van der Waals surface area contributed by atoms with Gasteiger partial charge in [-0.25, -0.2) is 33.4 Å². The minimum Gasteiger partial charge on any atom is -0.367 e. The quantitative estimate of drug-likeness (QED) is 0.0781. The fourth-order valence-electron chi connectivity index (χ4n) is 8.16. The van der Waals surface area contributed by atoms with Crippen LogP contribution in [0.2, 0.25) is 0 Å². The molecule has 3 saturated carbocycles. The third-order valence-corrected chi connectivity index (χ3v) is 12.2. The third kappa shape index (κ3) is 9.22. The summed E-state index contributed by atoms with van der Waals surface area (Å²) in [7, 11) is 0. The Labute approximate surface area is 374 Å². The predicted molar refractivity (Wildman–Crippen MR) is 254 cm³/mol. The van der Waals surface area contributed by atoms with Gasteiger partial charge in [0, 0.05) is 52.7 Å². The van der Waals surface area contributed by atoms with Crippen LogP contribution in [0.3, 0.4) is 0 Å². The molecule has 4 N–H and O–H groups in total. The van der Waals surface area contributed by atoms with Crippen LogP contribution in [0.15, 0.2) is 114 Å². The van der Waals surface area contributed by atoms with Gasteiger partial charge in [0.25, 0.3) is 0 Å². The van der Waals surface area contributed by atoms with Gasteiger partial charge in [-0.3, -0.25) is 0 Å². The van der Waals surface area contributed by atoms with Gasteiger partial charge >= 0.3 is 0 Å². The Balaban J connectivity index is 0.000000150. The highest BCUT2D eigenvalue weighted by atomic mass is 79.9. The van der Waals surface area contributed by atoms with E-state index in [9.17, 15) is 4.39 Å². The second-order valence-corrected chi connectivity index (χ2v) is 17.6. The van der Waals surface area contributed by atoms with E-state index in [0.717, 1.165) is 91.6 Å². The molecule has 0 aliphatic heterocycles. The Morgan fingerprint density at radius 2 is 1.17 bits per heavy atom. The molecule has 2 aromatic carbocycles. The maximum absolute atomic E-state index is 13.6. The van der Waals surface area contributed by atoms with Crippen LogP contribution in [-0.2, 0) is 0 Å². The molecule has 0 amide bonds. The van der Waals surface area contributed by atoms with Crippen LogP contribution in [0.4, 0.5) is 27.9 Å². The standard InChI is InChI=1S/C25H25BrN6.C24H25FN6/c26-17-6-3-5-16(15-17)24-23(20-13-14-27-25(30-20)29-18-7-1-2-8-18)21-9-4-10-22(32(21)31-24)28-19-11-12-19;1-2-3-14-26-24-27-15-13-19(29-24)22-20-5-4-6-21(28-18-11-12-18)31(20)30-23(22)16-7-9-17(25)10-8-16/h3-6,9-10,13-15,18-19,28H,1-2,7-8,11-12H2,(H,27,29,30);4-10,13,15,18,28H,2-3,11-12,14H2,1H3,(H,26,27,29). The van der Waals surface area contributed by atoms with E-state index >= 15 is 0 Å². The van der Waals surface area contributed by atoms with E-state index in [4.69, 9.17) is 20.2 Å². The summed E-state index contributed by atoms with van der Waals surface area (Å²) in [6.45, 7) is 2.98. The van der Waals surface area contributed by atoms with Gasteiger partial charge in [0.1, 0.15) is 28.8 Å². The number of unbranched alkanes of at least 4 members (excludes halogenated alkanes) is 1. The molecule has 0 saturated heterocycles. The molecule has 0 unspecified atom stereocenters. The predicted octanol–water partition coefficient (Wildman–Crippen LogP) is 11.5. The largest absolute Gasteiger partial charge is 0.367 e. The molecule has 14 heteroatoms. The fraction of sp³-hybridized carbons (Fsp3) is 0.306. The number of hydrogen-bond acceptors (Lipinski definition) is 10. The number of aromatic nitrogens is 8. The Morgan fingerprint density at radius 1 is 0.619 bits per heavy atom. The summed E-state index contributed by atoms with van der Waals surface area (Å²) in [5.74, 6) is 2.99. The first-order chi connectivity index (χ1) is 31.0. The van der Waals surface area contributed by atoms with Crippen molar-refractivity contribution < 1.29 is 4.39 Å². The number of anilines is 4. The zero-order valence-corrected chi connectivity index (χ0v) is 36.8. The molecule has 8 aromatic rings. The van der Waals surface area contributed by atoms with Crippen LogP contribution >= 0.6 is 15.9 Å². The van der Waals surface area contributed by atoms with E-state index in [0.29, 0.717) is 30.0 Å². The van der Waals surface area contributed by atoms with Crippen molar-refractivity contribution in [1.82, 2.24) is 39.2 Å². The molecule has 0 spiro atoms. The maximum Gasteiger partial charge on any atom is 0.223 e. The van der Waals surface area contributed by atoms with Crippen molar-refractivity contribution in [3.8, 4) is 45.0 Å². The van der Waals surface area contributed by atoms with Crippen LogP contribution < -0.4 is 21.3 Å². The number of halogens is 2. The number of nitrogens with zero attached hydrogens (tertiary/aromatic N) is 8. The molecule has 3 aliphatic rings. The Bertz CT molecular complexity index is 2860. The van der Waals surface area contributed by atoms with Crippen LogP contribution in [0.5, 0.6) is 0 Å². The lowest BCUT2D eigenvalue weighted by molar-refractivity contribution is 0.628. The highest BCUT2D eigenvalue weighted by molar-refractivity contribution is 9.10. The average Bonchev–Trinajstić information content (AvgIpc) is 4.16. The number of rotatable bonds is 14. The average molecular weight is 906 g/mol. The van der Waals surface area contributed by atoms with E-state index in [1.165, 1.54) is 63.5 Å². The first-order valence-corrected chi connectivity index (χ1v) is 23.0. The topological polar surface area (TPSA) is 134 Å². The number of pyridine rings is 2. The minimum atomic E-state index is -0.269. The van der Waals surface area contributed by atoms with Crippen LogP contribution in [0.25, 0.3) is 56.1 Å². The first-order valence-electron chi connectivity index (χ1n) is 22.2. The van der Waals surface area contributed by atoms with Gasteiger partial charge in [-0.15, -0.1) is 0 Å². The zero-order chi connectivity index (χ0) is 42.7. The van der Waals surface area contributed by atoms with Crippen LogP contribution in [0.1, 0.15) is 71.1 Å². The number of nitrogens with one attached hydrogen (secondary N) is 4. The maximum atomic E-state index is 13.6. The molecule has 6 heterocycles. The minimum absolute atomic E-state index is 0.269. The summed E-state index contributed by atoms with van der Waals surface area (Å²) < 4.78 is 18.6. The van der Waals surface area contributed by atoms with Gasteiger partial charge in [0.2, 0.25) is 11.9 Å². The summed E-state index contributed by atoms with van der Waals surface area (Å²) in [5, 5.41) is 24.0. The van der Waals surface area contributed by atoms with Gasteiger partial charge in [-0.1, -0.05) is 66.4 Å². The van der Waals surface area contributed by atoms with Gasteiger partial charge in [0.05, 0.1) is 33.5 Å². The lowest BCUT2D eigenvalue weighted by Crippen LogP contribution is -2.16. The van der Waals surface area contributed by atoms with E-state index in [-0.39, 0.29) is 5.82 Å². The molecule has 63 heavy (non-hydrogen) atoms. The number of benzene rings is 2. The first kappa shape index (κ1) is 40.6. The Morgan fingerprint density at radius 3 is 1.76 bits per heavy atom. The molecular weight excluding hydrogens is 856 g/mol. The summed E-state index contributed by atoms with van der Waals surface area (Å²) in [6, 6.07) is 32.5. The molecule has 0 atom stereocenters. The highest BCUT2D eigenvalue weighted by Crippen LogP contribution is 2.39. The summed E-state index contributed by atoms with van der Waals surface area (Å²) in [5.41, 5.74) is 9.17. The number of hydrogen-bond donors (Lipinski definition) is 4. The van der Waals surface area contributed by atoms with E-state index in [1.54, 1.807) is 18.3 Å². The monoisotopic (exact) mass is 904 g/mol. The molecule has 3 fully saturated rings. The normalized spacial score (nSPS) is 15.0. The van der Waals surface area contributed by atoms with Crippen LogP contribution in [0, 0.1) is 5.82 Å². The van der Waals surface area contributed by atoms with Crippen molar-refractivity contribution in [2.75, 3.05) is 27.8 Å². The Kier molecular flexibility index (Phi) is 11.7. The smallest absolute Gasteiger partial charge is 0.223 e. The molecule has 12 nitrogen and oxygen atoms in total.